The van der Waals surface area contributed by atoms with Gasteiger partial charge < -0.3 is 19.5 Å². The highest BCUT2D eigenvalue weighted by Crippen LogP contribution is 2.37. The Morgan fingerprint density at radius 3 is 2.38 bits per heavy atom. The molecule has 2 atom stereocenters. The summed E-state index contributed by atoms with van der Waals surface area (Å²) in [5.41, 5.74) is 1.18. The van der Waals surface area contributed by atoms with Crippen molar-refractivity contribution >= 4 is 21.6 Å². The van der Waals surface area contributed by atoms with E-state index in [1.54, 1.807) is 43.5 Å². The van der Waals surface area contributed by atoms with Gasteiger partial charge in [-0.2, -0.15) is 0 Å². The van der Waals surface area contributed by atoms with Crippen molar-refractivity contribution in [1.82, 2.24) is 5.32 Å². The van der Waals surface area contributed by atoms with Gasteiger partial charge >= 0.3 is 0 Å². The van der Waals surface area contributed by atoms with Gasteiger partial charge in [-0.25, -0.2) is 8.42 Å². The average molecular weight is 483 g/mol. The van der Waals surface area contributed by atoms with E-state index in [1.165, 1.54) is 23.5 Å². The van der Waals surface area contributed by atoms with Gasteiger partial charge in [-0.3, -0.25) is 9.10 Å². The summed E-state index contributed by atoms with van der Waals surface area (Å²) in [6.45, 7) is 1.66. The van der Waals surface area contributed by atoms with Crippen molar-refractivity contribution in [1.29, 1.82) is 0 Å². The second-order valence-electron chi connectivity index (χ2n) is 7.76. The Bertz CT molecular complexity index is 1280. The fourth-order valence-corrected chi connectivity index (χ4v) is 5.33. The molecule has 0 spiro atoms. The number of benzene rings is 3. The summed E-state index contributed by atoms with van der Waals surface area (Å²) >= 11 is 0. The van der Waals surface area contributed by atoms with E-state index in [9.17, 15) is 13.2 Å². The van der Waals surface area contributed by atoms with E-state index < -0.39 is 22.0 Å². The topological polar surface area (TPSA) is 94.2 Å². The molecule has 0 unspecified atom stereocenters. The van der Waals surface area contributed by atoms with Gasteiger partial charge in [0.25, 0.3) is 15.9 Å². The van der Waals surface area contributed by atoms with Crippen molar-refractivity contribution < 1.29 is 27.4 Å². The average Bonchev–Trinajstić information content (AvgIpc) is 2.87. The Balaban J connectivity index is 1.61. The molecule has 0 aliphatic carbocycles. The SMILES string of the molecule is COc1ccc(S(=O)(=O)N2C[C@@H](C(=O)N[C@H](C)c3ccccc3OC)Oc3ccccc32)cc1. The number of methoxy groups -OCH3 is 2. The summed E-state index contributed by atoms with van der Waals surface area (Å²) in [5.74, 6) is 1.08. The number of nitrogens with zero attached hydrogens (tertiary/aromatic N) is 1. The number of sulfonamides is 1. The molecule has 3 aromatic rings. The van der Waals surface area contributed by atoms with Crippen LogP contribution in [0.15, 0.2) is 77.7 Å². The number of fused-ring (bicyclic) bond motifs is 1. The maximum atomic E-state index is 13.5. The Morgan fingerprint density at radius 1 is 1.00 bits per heavy atom. The van der Waals surface area contributed by atoms with Gasteiger partial charge in [0.05, 0.1) is 37.4 Å². The Kier molecular flexibility index (Phi) is 6.65. The lowest BCUT2D eigenvalue weighted by Crippen LogP contribution is -2.51. The third-order valence-electron chi connectivity index (χ3n) is 5.64. The summed E-state index contributed by atoms with van der Waals surface area (Å²) in [7, 11) is -0.884. The normalized spacial score (nSPS) is 16.1. The summed E-state index contributed by atoms with van der Waals surface area (Å²) in [6, 6.07) is 19.9. The number of carbonyl (C=O) groups excluding carboxylic acids is 1. The van der Waals surface area contributed by atoms with E-state index in [-0.39, 0.29) is 17.5 Å². The minimum absolute atomic E-state index is 0.0894. The molecule has 0 saturated heterocycles. The largest absolute Gasteiger partial charge is 0.497 e. The van der Waals surface area contributed by atoms with Gasteiger partial charge in [0.15, 0.2) is 6.10 Å². The molecule has 0 bridgehead atoms. The standard InChI is InChI=1S/C25H26N2O6S/c1-17(20-8-4-6-10-22(20)32-3)26-25(28)24-16-27(21-9-5-7-11-23(21)33-24)34(29,30)19-14-12-18(31-2)13-15-19/h4-15,17,24H,16H2,1-3H3,(H,26,28)/t17-,24+/m1/s1. The first kappa shape index (κ1) is 23.4. The zero-order valence-electron chi connectivity index (χ0n) is 19.1. The van der Waals surface area contributed by atoms with Crippen LogP contribution in [0.2, 0.25) is 0 Å². The molecular weight excluding hydrogens is 456 g/mol. The van der Waals surface area contributed by atoms with E-state index in [0.29, 0.717) is 22.9 Å². The van der Waals surface area contributed by atoms with Crippen LogP contribution in [-0.2, 0) is 14.8 Å². The van der Waals surface area contributed by atoms with E-state index >= 15 is 0 Å². The molecule has 1 aliphatic rings. The van der Waals surface area contributed by atoms with Crippen molar-refractivity contribution in [2.24, 2.45) is 0 Å². The third-order valence-corrected chi connectivity index (χ3v) is 7.43. The highest BCUT2D eigenvalue weighted by Gasteiger charge is 2.38. The molecule has 1 amide bonds. The Labute approximate surface area is 199 Å². The zero-order chi connectivity index (χ0) is 24.3. The molecule has 1 N–H and O–H groups in total. The van der Waals surface area contributed by atoms with Crippen LogP contribution in [-0.4, -0.2) is 41.2 Å². The molecule has 1 aliphatic heterocycles. The fourth-order valence-electron chi connectivity index (χ4n) is 3.85. The van der Waals surface area contributed by atoms with E-state index in [4.69, 9.17) is 14.2 Å². The monoisotopic (exact) mass is 482 g/mol. The quantitative estimate of drug-likeness (QED) is 0.554. The molecule has 8 nitrogen and oxygen atoms in total. The van der Waals surface area contributed by atoms with Crippen LogP contribution in [0.4, 0.5) is 5.69 Å². The smallest absolute Gasteiger partial charge is 0.264 e. The lowest BCUT2D eigenvalue weighted by atomic mass is 10.1. The predicted octanol–water partition coefficient (Wildman–Crippen LogP) is 3.54. The molecule has 0 saturated carbocycles. The van der Waals surface area contributed by atoms with Gasteiger partial charge in [0.1, 0.15) is 17.2 Å². The van der Waals surface area contributed by atoms with Crippen LogP contribution in [0.1, 0.15) is 18.5 Å². The molecule has 0 aromatic heterocycles. The fraction of sp³-hybridized carbons (Fsp3) is 0.240. The van der Waals surface area contributed by atoms with Crippen LogP contribution < -0.4 is 23.8 Å². The third kappa shape index (κ3) is 4.51. The number of hydrogen-bond donors (Lipinski definition) is 1. The first-order valence-corrected chi connectivity index (χ1v) is 12.1. The van der Waals surface area contributed by atoms with Crippen molar-refractivity contribution in [3.63, 3.8) is 0 Å². The molecule has 4 rings (SSSR count). The van der Waals surface area contributed by atoms with E-state index in [2.05, 4.69) is 5.32 Å². The number of amides is 1. The highest BCUT2D eigenvalue weighted by molar-refractivity contribution is 7.92. The molecule has 3 aromatic carbocycles. The Morgan fingerprint density at radius 2 is 1.68 bits per heavy atom. The zero-order valence-corrected chi connectivity index (χ0v) is 19.9. The number of ether oxygens (including phenoxy) is 3. The molecule has 1 heterocycles. The number of hydrogen-bond acceptors (Lipinski definition) is 6. The van der Waals surface area contributed by atoms with Crippen LogP contribution in [0.3, 0.4) is 0 Å². The number of rotatable bonds is 7. The first-order valence-electron chi connectivity index (χ1n) is 10.7. The maximum absolute atomic E-state index is 13.5. The van der Waals surface area contributed by atoms with E-state index in [1.807, 2.05) is 31.2 Å². The number of anilines is 1. The number of para-hydroxylation sites is 3. The van der Waals surface area contributed by atoms with E-state index in [0.717, 1.165) is 5.56 Å². The molecular formula is C25H26N2O6S. The Hall–Kier alpha value is -3.72. The molecule has 34 heavy (non-hydrogen) atoms. The summed E-state index contributed by atoms with van der Waals surface area (Å²) in [6.07, 6.45) is -1.04. The van der Waals surface area contributed by atoms with Gasteiger partial charge in [0.2, 0.25) is 0 Å². The van der Waals surface area contributed by atoms with Gasteiger partial charge in [0, 0.05) is 5.56 Å². The lowest BCUT2D eigenvalue weighted by molar-refractivity contribution is -0.128. The van der Waals surface area contributed by atoms with Gasteiger partial charge in [-0.05, 0) is 49.4 Å². The minimum Gasteiger partial charge on any atom is -0.497 e. The van der Waals surface area contributed by atoms with Crippen molar-refractivity contribution in [2.45, 2.75) is 24.0 Å². The summed E-state index contributed by atoms with van der Waals surface area (Å²) < 4.78 is 44.7. The minimum atomic E-state index is -3.96. The molecule has 0 radical (unpaired) electrons. The van der Waals surface area contributed by atoms with Crippen molar-refractivity contribution in [2.75, 3.05) is 25.1 Å². The maximum Gasteiger partial charge on any atom is 0.264 e. The molecule has 0 fully saturated rings. The second kappa shape index (κ2) is 9.64. The summed E-state index contributed by atoms with van der Waals surface area (Å²) in [5, 5.41) is 2.92. The van der Waals surface area contributed by atoms with Crippen molar-refractivity contribution in [3.8, 4) is 17.2 Å². The highest BCUT2D eigenvalue weighted by atomic mass is 32.2. The number of carbonyl (C=O) groups is 1. The van der Waals surface area contributed by atoms with Crippen LogP contribution >= 0.6 is 0 Å². The van der Waals surface area contributed by atoms with Crippen molar-refractivity contribution in [3.05, 3.63) is 78.4 Å². The molecule has 178 valence electrons. The van der Waals surface area contributed by atoms with Crippen LogP contribution in [0, 0.1) is 0 Å². The summed E-state index contributed by atoms with van der Waals surface area (Å²) in [4.78, 5) is 13.3. The second-order valence-corrected chi connectivity index (χ2v) is 9.62. The first-order chi connectivity index (χ1) is 16.3. The molecule has 9 heteroatoms. The number of nitrogens with one attached hydrogen (secondary N) is 1. The van der Waals surface area contributed by atoms with Crippen LogP contribution in [0.5, 0.6) is 17.2 Å². The van der Waals surface area contributed by atoms with Gasteiger partial charge in [-0.15, -0.1) is 0 Å². The predicted molar refractivity (Wildman–Crippen MR) is 128 cm³/mol. The lowest BCUT2D eigenvalue weighted by Gasteiger charge is -2.35. The van der Waals surface area contributed by atoms with Crippen LogP contribution in [0.25, 0.3) is 0 Å². The van der Waals surface area contributed by atoms with Gasteiger partial charge in [-0.1, -0.05) is 30.3 Å².